The molecule has 0 aliphatic carbocycles. The molecule has 0 saturated heterocycles. The van der Waals surface area contributed by atoms with Gasteiger partial charge in [0.1, 0.15) is 6.61 Å². The van der Waals surface area contributed by atoms with Crippen LogP contribution < -0.4 is 0 Å². The maximum Gasteiger partial charge on any atom is 0.306 e. The van der Waals surface area contributed by atoms with Crippen molar-refractivity contribution in [2.24, 2.45) is 0 Å². The topological polar surface area (TPSA) is 72.8 Å². The molecule has 0 rings (SSSR count). The molecule has 5 nitrogen and oxygen atoms in total. The van der Waals surface area contributed by atoms with Crippen LogP contribution in [0.2, 0.25) is 0 Å². The molecule has 50 heavy (non-hydrogen) atoms. The monoisotopic (exact) mass is 703 g/mol. The van der Waals surface area contributed by atoms with Gasteiger partial charge in [0.25, 0.3) is 0 Å². The highest BCUT2D eigenvalue weighted by Crippen LogP contribution is 2.15. The summed E-state index contributed by atoms with van der Waals surface area (Å²) in [7, 11) is 0. The third-order valence-electron chi connectivity index (χ3n) is 9.44. The molecule has 292 valence electrons. The van der Waals surface area contributed by atoms with Crippen molar-refractivity contribution in [3.05, 3.63) is 36.5 Å². The van der Waals surface area contributed by atoms with Crippen LogP contribution in [0.5, 0.6) is 0 Å². The number of esters is 2. The Hall–Kier alpha value is -1.88. The zero-order valence-electron chi connectivity index (χ0n) is 33.2. The average molecular weight is 703 g/mol. The number of aliphatic hydroxyl groups is 1. The number of rotatable bonds is 39. The van der Waals surface area contributed by atoms with E-state index < -0.39 is 6.10 Å². The summed E-state index contributed by atoms with van der Waals surface area (Å²) in [6.45, 7) is 4.11. The quantitative estimate of drug-likeness (QED) is 0.0392. The molecule has 1 N–H and O–H groups in total. The van der Waals surface area contributed by atoms with E-state index in [2.05, 4.69) is 50.3 Å². The SMILES string of the molecule is CCCCCCCCC=CCC=CCC=CCCCC(=O)OCC(CO)OC(=O)CCCCCCCCCCCCCCCCCCCCC. The molecular weight excluding hydrogens is 620 g/mol. The zero-order chi connectivity index (χ0) is 36.4. The lowest BCUT2D eigenvalue weighted by Crippen LogP contribution is -2.28. The highest BCUT2D eigenvalue weighted by Gasteiger charge is 2.16. The summed E-state index contributed by atoms with van der Waals surface area (Å²) in [6, 6.07) is 0. The lowest BCUT2D eigenvalue weighted by molar-refractivity contribution is -0.161. The molecule has 0 saturated carbocycles. The summed E-state index contributed by atoms with van der Waals surface area (Å²) < 4.78 is 10.6. The lowest BCUT2D eigenvalue weighted by Gasteiger charge is -2.15. The first-order valence-electron chi connectivity index (χ1n) is 21.5. The van der Waals surface area contributed by atoms with Crippen molar-refractivity contribution in [3.63, 3.8) is 0 Å². The van der Waals surface area contributed by atoms with Gasteiger partial charge in [-0.15, -0.1) is 0 Å². The Balaban J connectivity index is 3.58. The van der Waals surface area contributed by atoms with Crippen LogP contribution in [-0.4, -0.2) is 36.4 Å². The number of hydrogen-bond donors (Lipinski definition) is 1. The first-order chi connectivity index (χ1) is 24.6. The van der Waals surface area contributed by atoms with Crippen molar-refractivity contribution in [2.75, 3.05) is 13.2 Å². The van der Waals surface area contributed by atoms with Gasteiger partial charge in [0.05, 0.1) is 6.61 Å². The van der Waals surface area contributed by atoms with E-state index in [0.717, 1.165) is 38.5 Å². The fraction of sp³-hybridized carbons (Fsp3) is 0.822. The van der Waals surface area contributed by atoms with E-state index in [-0.39, 0.29) is 25.2 Å². The summed E-state index contributed by atoms with van der Waals surface area (Å²) in [4.78, 5) is 24.3. The van der Waals surface area contributed by atoms with Gasteiger partial charge in [-0.3, -0.25) is 9.59 Å². The molecule has 0 radical (unpaired) electrons. The second kappa shape index (κ2) is 41.5. The molecule has 5 heteroatoms. The second-order valence-electron chi connectivity index (χ2n) is 14.4. The van der Waals surface area contributed by atoms with Gasteiger partial charge >= 0.3 is 11.9 Å². The Kier molecular flexibility index (Phi) is 40.0. The summed E-state index contributed by atoms with van der Waals surface area (Å²) in [5.41, 5.74) is 0. The van der Waals surface area contributed by atoms with E-state index in [4.69, 9.17) is 9.47 Å². The van der Waals surface area contributed by atoms with Crippen LogP contribution in [0.15, 0.2) is 36.5 Å². The Labute approximate surface area is 310 Å². The molecule has 1 atom stereocenters. The maximum atomic E-state index is 12.2. The molecule has 0 aromatic rings. The molecule has 0 spiro atoms. The first kappa shape index (κ1) is 48.1. The van der Waals surface area contributed by atoms with Gasteiger partial charge in [0.2, 0.25) is 0 Å². The summed E-state index contributed by atoms with van der Waals surface area (Å²) in [6.07, 6.45) is 50.8. The van der Waals surface area contributed by atoms with Crippen LogP contribution in [0, 0.1) is 0 Å². The van der Waals surface area contributed by atoms with Crippen molar-refractivity contribution in [1.29, 1.82) is 0 Å². The van der Waals surface area contributed by atoms with Crippen LogP contribution in [0.3, 0.4) is 0 Å². The van der Waals surface area contributed by atoms with Crippen LogP contribution in [0.25, 0.3) is 0 Å². The zero-order valence-corrected chi connectivity index (χ0v) is 33.2. The largest absolute Gasteiger partial charge is 0.462 e. The van der Waals surface area contributed by atoms with Crippen LogP contribution in [0.1, 0.15) is 219 Å². The molecule has 0 fully saturated rings. The minimum atomic E-state index is -0.788. The summed E-state index contributed by atoms with van der Waals surface area (Å²) >= 11 is 0. The Morgan fingerprint density at radius 3 is 1.26 bits per heavy atom. The third-order valence-corrected chi connectivity index (χ3v) is 9.44. The summed E-state index contributed by atoms with van der Waals surface area (Å²) in [5.74, 6) is -0.644. The number of ether oxygens (including phenoxy) is 2. The van der Waals surface area contributed by atoms with Crippen molar-refractivity contribution in [1.82, 2.24) is 0 Å². The van der Waals surface area contributed by atoms with Crippen molar-refractivity contribution in [3.8, 4) is 0 Å². The van der Waals surface area contributed by atoms with E-state index in [0.29, 0.717) is 19.3 Å². The predicted octanol–water partition coefficient (Wildman–Crippen LogP) is 13.6. The van der Waals surface area contributed by atoms with E-state index >= 15 is 0 Å². The normalized spacial score (nSPS) is 12.5. The Bertz CT molecular complexity index is 801. The summed E-state index contributed by atoms with van der Waals surface area (Å²) in [5, 5.41) is 9.57. The standard InChI is InChI=1S/C45H82O5/c1-3-5-7-9-11-13-15-17-19-21-22-24-26-28-30-32-34-36-38-40-45(48)50-43(41-46)42-49-44(47)39-37-35-33-31-29-27-25-23-20-18-16-14-12-10-8-6-4-2/h18,20,25,27,31,33,43,46H,3-17,19,21-24,26,28-30,32,34-42H2,1-2H3. The minimum Gasteiger partial charge on any atom is -0.462 e. The number of unbranched alkanes of at least 4 members (excludes halogenated alkanes) is 25. The fourth-order valence-electron chi connectivity index (χ4n) is 6.16. The second-order valence-corrected chi connectivity index (χ2v) is 14.4. The van der Waals surface area contributed by atoms with E-state index in [1.807, 2.05) is 0 Å². The van der Waals surface area contributed by atoms with Gasteiger partial charge in [0.15, 0.2) is 6.10 Å². The smallest absolute Gasteiger partial charge is 0.306 e. The van der Waals surface area contributed by atoms with Gasteiger partial charge in [-0.1, -0.05) is 198 Å². The molecule has 0 heterocycles. The van der Waals surface area contributed by atoms with Gasteiger partial charge < -0.3 is 14.6 Å². The first-order valence-corrected chi connectivity index (χ1v) is 21.5. The molecule has 0 aromatic heterocycles. The Morgan fingerprint density at radius 2 is 0.820 bits per heavy atom. The van der Waals surface area contributed by atoms with Crippen molar-refractivity contribution in [2.45, 2.75) is 225 Å². The molecule has 0 aliphatic heterocycles. The number of aliphatic hydroxyl groups excluding tert-OH is 1. The highest BCUT2D eigenvalue weighted by molar-refractivity contribution is 5.70. The van der Waals surface area contributed by atoms with Crippen LogP contribution in [0.4, 0.5) is 0 Å². The molecule has 0 bridgehead atoms. The van der Waals surface area contributed by atoms with Gasteiger partial charge in [-0.25, -0.2) is 0 Å². The lowest BCUT2D eigenvalue weighted by atomic mass is 10.0. The number of hydrogen-bond acceptors (Lipinski definition) is 5. The van der Waals surface area contributed by atoms with Gasteiger partial charge in [-0.2, -0.15) is 0 Å². The average Bonchev–Trinajstić information content (AvgIpc) is 3.12. The molecule has 0 aromatic carbocycles. The number of allylic oxidation sites excluding steroid dienone is 6. The van der Waals surface area contributed by atoms with Crippen molar-refractivity contribution < 1.29 is 24.2 Å². The van der Waals surface area contributed by atoms with Gasteiger partial charge in [-0.05, 0) is 44.9 Å². The van der Waals surface area contributed by atoms with Crippen LogP contribution >= 0.6 is 0 Å². The van der Waals surface area contributed by atoms with Gasteiger partial charge in [0, 0.05) is 12.8 Å². The molecule has 0 amide bonds. The fourth-order valence-corrected chi connectivity index (χ4v) is 6.16. The van der Waals surface area contributed by atoms with Crippen LogP contribution in [-0.2, 0) is 19.1 Å². The highest BCUT2D eigenvalue weighted by atomic mass is 16.6. The Morgan fingerprint density at radius 1 is 0.460 bits per heavy atom. The maximum absolute atomic E-state index is 12.2. The predicted molar refractivity (Wildman–Crippen MR) is 214 cm³/mol. The minimum absolute atomic E-state index is 0.0890. The van der Waals surface area contributed by atoms with E-state index in [9.17, 15) is 14.7 Å². The molecule has 1 unspecified atom stereocenters. The third kappa shape index (κ3) is 38.9. The van der Waals surface area contributed by atoms with E-state index in [1.54, 1.807) is 0 Å². The van der Waals surface area contributed by atoms with E-state index in [1.165, 1.54) is 148 Å². The van der Waals surface area contributed by atoms with Crippen molar-refractivity contribution >= 4 is 11.9 Å². The number of carbonyl (C=O) groups excluding carboxylic acids is 2. The number of carbonyl (C=O) groups is 2. The molecular formula is C45H82O5. The molecule has 0 aliphatic rings.